The molecule has 0 unspecified atom stereocenters. The molecule has 3 N–H and O–H groups in total. The van der Waals surface area contributed by atoms with E-state index in [0.29, 0.717) is 16.8 Å². The number of benzene rings is 2. The van der Waals surface area contributed by atoms with Crippen LogP contribution >= 0.6 is 0 Å². The Morgan fingerprint density at radius 2 is 1.82 bits per heavy atom. The van der Waals surface area contributed by atoms with Gasteiger partial charge < -0.3 is 20.6 Å². The van der Waals surface area contributed by atoms with Crippen molar-refractivity contribution in [2.75, 3.05) is 25.5 Å². The minimum Gasteiger partial charge on any atom is -0.478 e. The summed E-state index contributed by atoms with van der Waals surface area (Å²) in [7, 11) is 2.11. The van der Waals surface area contributed by atoms with Crippen molar-refractivity contribution in [1.82, 2.24) is 10.2 Å². The lowest BCUT2D eigenvalue weighted by atomic mass is 9.97. The van der Waals surface area contributed by atoms with E-state index in [-0.39, 0.29) is 17.5 Å². The number of amides is 1. The van der Waals surface area contributed by atoms with Crippen LogP contribution in [0, 0.1) is 0 Å². The van der Waals surface area contributed by atoms with E-state index >= 15 is 0 Å². The number of carboxylic acid groups (broad SMARTS) is 1. The highest BCUT2D eigenvalue weighted by Gasteiger charge is 2.30. The van der Waals surface area contributed by atoms with Gasteiger partial charge in [-0.15, -0.1) is 0 Å². The normalized spacial score (nSPS) is 19.1. The molecule has 0 saturated carbocycles. The van der Waals surface area contributed by atoms with Gasteiger partial charge in [0.25, 0.3) is 5.91 Å². The maximum absolute atomic E-state index is 12.9. The van der Waals surface area contributed by atoms with Gasteiger partial charge in [0.05, 0.1) is 16.8 Å². The van der Waals surface area contributed by atoms with Crippen LogP contribution in [-0.2, 0) is 4.79 Å². The largest absolute Gasteiger partial charge is 0.478 e. The van der Waals surface area contributed by atoms with Crippen LogP contribution in [0.25, 0.3) is 11.3 Å². The van der Waals surface area contributed by atoms with Crippen LogP contribution in [0.1, 0.15) is 34.3 Å². The molecule has 2 heterocycles. The van der Waals surface area contributed by atoms with Crippen LogP contribution < -0.4 is 10.6 Å². The summed E-state index contributed by atoms with van der Waals surface area (Å²) in [5, 5.41) is 15.8. The van der Waals surface area contributed by atoms with Gasteiger partial charge in [-0.05, 0) is 56.7 Å². The molecule has 6 heteroatoms. The fraction of sp³-hybridized carbons (Fsp3) is 0.273. The maximum Gasteiger partial charge on any atom is 0.335 e. The quantitative estimate of drug-likeness (QED) is 0.714. The number of rotatable bonds is 4. The number of carbonyl (C=O) groups excluding carboxylic acids is 1. The predicted molar refractivity (Wildman–Crippen MR) is 109 cm³/mol. The van der Waals surface area contributed by atoms with E-state index in [9.17, 15) is 14.7 Å². The van der Waals surface area contributed by atoms with Crippen molar-refractivity contribution in [2.45, 2.75) is 18.9 Å². The first-order valence-electron chi connectivity index (χ1n) is 9.47. The number of anilines is 1. The molecule has 2 aromatic carbocycles. The minimum atomic E-state index is -1.01. The van der Waals surface area contributed by atoms with Gasteiger partial charge in [-0.2, -0.15) is 0 Å². The van der Waals surface area contributed by atoms with Gasteiger partial charge in [0.2, 0.25) is 0 Å². The molecule has 6 nitrogen and oxygen atoms in total. The molecule has 144 valence electrons. The van der Waals surface area contributed by atoms with Gasteiger partial charge in [-0.3, -0.25) is 4.79 Å². The number of nitrogens with one attached hydrogen (secondary N) is 2. The average molecular weight is 377 g/mol. The van der Waals surface area contributed by atoms with Crippen LogP contribution in [0.4, 0.5) is 5.69 Å². The van der Waals surface area contributed by atoms with Crippen LogP contribution in [-0.4, -0.2) is 48.1 Å². The molecule has 28 heavy (non-hydrogen) atoms. The number of fused-ring (bicyclic) bond motifs is 1. The number of carboxylic acids is 1. The highest BCUT2D eigenvalue weighted by Crippen LogP contribution is 2.37. The second-order valence-corrected chi connectivity index (χ2v) is 7.36. The lowest BCUT2D eigenvalue weighted by Gasteiger charge is -2.31. The topological polar surface area (TPSA) is 81.7 Å². The van der Waals surface area contributed by atoms with E-state index in [1.165, 1.54) is 6.07 Å². The van der Waals surface area contributed by atoms with Crippen molar-refractivity contribution in [3.8, 4) is 0 Å². The second-order valence-electron chi connectivity index (χ2n) is 7.36. The molecule has 0 aromatic heterocycles. The first-order chi connectivity index (χ1) is 13.5. The van der Waals surface area contributed by atoms with Gasteiger partial charge >= 0.3 is 5.97 Å². The predicted octanol–water partition coefficient (Wildman–Crippen LogP) is 2.89. The number of piperidine rings is 1. The van der Waals surface area contributed by atoms with Crippen LogP contribution in [0.5, 0.6) is 0 Å². The average Bonchev–Trinajstić information content (AvgIpc) is 3.03. The van der Waals surface area contributed by atoms with E-state index in [4.69, 9.17) is 0 Å². The summed E-state index contributed by atoms with van der Waals surface area (Å²) < 4.78 is 0. The van der Waals surface area contributed by atoms with Crippen molar-refractivity contribution >= 4 is 28.8 Å². The molecule has 1 amide bonds. The number of aromatic carboxylic acids is 1. The van der Waals surface area contributed by atoms with Gasteiger partial charge in [-0.25, -0.2) is 4.79 Å². The van der Waals surface area contributed by atoms with Gasteiger partial charge in [-0.1, -0.05) is 30.3 Å². The van der Waals surface area contributed by atoms with Gasteiger partial charge in [0.1, 0.15) is 0 Å². The Bertz CT molecular complexity index is 945. The lowest BCUT2D eigenvalue weighted by molar-refractivity contribution is -0.110. The summed E-state index contributed by atoms with van der Waals surface area (Å²) >= 11 is 0. The SMILES string of the molecule is CN1CCC(N/C(=C2\C(=O)Nc3ccc(C(=O)O)cc32)c2ccccc2)CC1. The Hall–Kier alpha value is -3.12. The number of hydrogen-bond acceptors (Lipinski definition) is 4. The van der Waals surface area contributed by atoms with E-state index in [0.717, 1.165) is 37.2 Å². The third-order valence-electron chi connectivity index (χ3n) is 5.39. The molecular weight excluding hydrogens is 354 g/mol. The first kappa shape index (κ1) is 18.3. The molecule has 0 spiro atoms. The van der Waals surface area contributed by atoms with Crippen molar-refractivity contribution in [3.05, 3.63) is 65.2 Å². The minimum absolute atomic E-state index is 0.166. The molecule has 0 aliphatic carbocycles. The Morgan fingerprint density at radius 1 is 1.11 bits per heavy atom. The smallest absolute Gasteiger partial charge is 0.335 e. The Kier molecular flexibility index (Phi) is 4.88. The van der Waals surface area contributed by atoms with E-state index in [2.05, 4.69) is 22.6 Å². The number of likely N-dealkylation sites (tertiary alicyclic amines) is 1. The number of hydrogen-bond donors (Lipinski definition) is 3. The fourth-order valence-corrected chi connectivity index (χ4v) is 3.81. The molecule has 0 atom stereocenters. The monoisotopic (exact) mass is 377 g/mol. The number of carbonyl (C=O) groups is 2. The summed E-state index contributed by atoms with van der Waals surface area (Å²) in [5.41, 5.74) is 3.62. The maximum atomic E-state index is 12.9. The fourth-order valence-electron chi connectivity index (χ4n) is 3.81. The highest BCUT2D eigenvalue weighted by atomic mass is 16.4. The summed E-state index contributed by atoms with van der Waals surface area (Å²) in [6.45, 7) is 2.00. The van der Waals surface area contributed by atoms with Gasteiger partial charge in [0.15, 0.2) is 0 Å². The summed E-state index contributed by atoms with van der Waals surface area (Å²) in [6.07, 6.45) is 1.98. The molecule has 2 aliphatic heterocycles. The first-order valence-corrected chi connectivity index (χ1v) is 9.47. The van der Waals surface area contributed by atoms with Crippen LogP contribution in [0.3, 0.4) is 0 Å². The zero-order valence-corrected chi connectivity index (χ0v) is 15.7. The Balaban J connectivity index is 1.81. The molecule has 1 saturated heterocycles. The Morgan fingerprint density at radius 3 is 2.50 bits per heavy atom. The van der Waals surface area contributed by atoms with Crippen molar-refractivity contribution < 1.29 is 14.7 Å². The van der Waals surface area contributed by atoms with Gasteiger partial charge in [0, 0.05) is 17.3 Å². The van der Waals surface area contributed by atoms with E-state index in [1.807, 2.05) is 30.3 Å². The zero-order chi connectivity index (χ0) is 19.7. The second kappa shape index (κ2) is 7.48. The van der Waals surface area contributed by atoms with Crippen molar-refractivity contribution in [1.29, 1.82) is 0 Å². The van der Waals surface area contributed by atoms with Crippen LogP contribution in [0.2, 0.25) is 0 Å². The zero-order valence-electron chi connectivity index (χ0n) is 15.7. The summed E-state index contributed by atoms with van der Waals surface area (Å²) in [6, 6.07) is 14.8. The molecular formula is C22H23N3O3. The molecule has 0 radical (unpaired) electrons. The third-order valence-corrected chi connectivity index (χ3v) is 5.39. The van der Waals surface area contributed by atoms with Crippen LogP contribution in [0.15, 0.2) is 48.5 Å². The molecule has 1 fully saturated rings. The summed E-state index contributed by atoms with van der Waals surface area (Å²) in [5.74, 6) is -1.22. The van der Waals surface area contributed by atoms with Crippen molar-refractivity contribution in [2.24, 2.45) is 0 Å². The molecule has 2 aromatic rings. The third kappa shape index (κ3) is 3.51. The van der Waals surface area contributed by atoms with Crippen molar-refractivity contribution in [3.63, 3.8) is 0 Å². The van der Waals surface area contributed by atoms with E-state index < -0.39 is 5.97 Å². The number of nitrogens with zero attached hydrogens (tertiary/aromatic N) is 1. The summed E-state index contributed by atoms with van der Waals surface area (Å²) in [4.78, 5) is 26.6. The molecule has 2 aliphatic rings. The Labute approximate surface area is 163 Å². The van der Waals surface area contributed by atoms with E-state index in [1.54, 1.807) is 12.1 Å². The lowest BCUT2D eigenvalue weighted by Crippen LogP contribution is -2.40. The molecule has 0 bridgehead atoms. The highest BCUT2D eigenvalue weighted by molar-refractivity contribution is 6.36. The standard InChI is InChI=1S/C22H23N3O3/c1-25-11-9-16(10-12-25)23-20(14-5-3-2-4-6-14)19-17-13-15(22(27)28)7-8-18(17)24-21(19)26/h2-8,13,16,23H,9-12H2,1H3,(H,24,26)(H,27,28)/b20-19-. The molecule has 4 rings (SSSR count).